The maximum absolute atomic E-state index is 14.2. The van der Waals surface area contributed by atoms with Crippen LogP contribution in [0.1, 0.15) is 43.5 Å². The van der Waals surface area contributed by atoms with Crippen LogP contribution < -0.4 is 9.64 Å². The van der Waals surface area contributed by atoms with Crippen LogP contribution in [0.2, 0.25) is 0 Å². The number of benzene rings is 3. The van der Waals surface area contributed by atoms with Crippen molar-refractivity contribution in [3.63, 3.8) is 0 Å². The van der Waals surface area contributed by atoms with Crippen LogP contribution in [0.25, 0.3) is 16.8 Å². The fourth-order valence-electron chi connectivity index (χ4n) is 4.62. The first-order valence-corrected chi connectivity index (χ1v) is 11.9. The number of aromatic nitrogens is 2. The van der Waals surface area contributed by atoms with Crippen LogP contribution in [-0.4, -0.2) is 33.9 Å². The van der Waals surface area contributed by atoms with Crippen molar-refractivity contribution in [3.8, 4) is 5.75 Å². The number of halogens is 2. The number of hydrogen-bond donors (Lipinski definition) is 2. The zero-order valence-corrected chi connectivity index (χ0v) is 21.2. The molecule has 0 aliphatic carbocycles. The number of fused-ring (bicyclic) bond motifs is 1. The molecule has 0 spiro atoms. The number of Topliss-reactive ketones (excluding diaryl/α,β-unsaturated/α-hetero) is 1. The Hall–Kier alpha value is -4.53. The van der Waals surface area contributed by atoms with Crippen molar-refractivity contribution in [3.05, 3.63) is 94.6 Å². The largest absolute Gasteiger partial charge is 0.507 e. The average molecular weight is 518 g/mol. The van der Waals surface area contributed by atoms with Gasteiger partial charge in [0.2, 0.25) is 5.95 Å². The molecule has 7 nitrogen and oxygen atoms in total. The third-order valence-corrected chi connectivity index (χ3v) is 6.61. The van der Waals surface area contributed by atoms with Gasteiger partial charge in [-0.3, -0.25) is 14.5 Å². The number of imidazole rings is 1. The van der Waals surface area contributed by atoms with Gasteiger partial charge in [0, 0.05) is 0 Å². The molecule has 1 unspecified atom stereocenters. The van der Waals surface area contributed by atoms with Crippen molar-refractivity contribution in [1.82, 2.24) is 9.97 Å². The Kier molecular flexibility index (Phi) is 6.01. The molecule has 3 aromatic carbocycles. The predicted molar refractivity (Wildman–Crippen MR) is 139 cm³/mol. The normalized spacial score (nSPS) is 17.4. The van der Waals surface area contributed by atoms with Gasteiger partial charge in [0.1, 0.15) is 23.1 Å². The van der Waals surface area contributed by atoms with E-state index in [0.29, 0.717) is 16.6 Å². The van der Waals surface area contributed by atoms with E-state index in [-0.39, 0.29) is 28.2 Å². The van der Waals surface area contributed by atoms with Crippen molar-refractivity contribution in [2.24, 2.45) is 0 Å². The van der Waals surface area contributed by atoms with E-state index in [9.17, 15) is 23.5 Å². The fraction of sp³-hybridized carbons (Fsp3) is 0.207. The number of hydrogen-bond acceptors (Lipinski definition) is 5. The summed E-state index contributed by atoms with van der Waals surface area (Å²) in [6, 6.07) is 13.6. The maximum atomic E-state index is 14.2. The van der Waals surface area contributed by atoms with Crippen molar-refractivity contribution in [2.45, 2.75) is 32.2 Å². The van der Waals surface area contributed by atoms with E-state index in [1.807, 2.05) is 12.1 Å². The number of carbonyl (C=O) groups excluding carboxylic acids is 2. The summed E-state index contributed by atoms with van der Waals surface area (Å²) in [6.07, 6.45) is 0. The van der Waals surface area contributed by atoms with E-state index in [2.05, 4.69) is 30.7 Å². The number of aliphatic hydroxyl groups excluding tert-OH is 1. The predicted octanol–water partition coefficient (Wildman–Crippen LogP) is 5.77. The van der Waals surface area contributed by atoms with Crippen LogP contribution in [-0.2, 0) is 15.0 Å². The van der Waals surface area contributed by atoms with Crippen molar-refractivity contribution in [1.29, 1.82) is 0 Å². The number of nitrogens with zero attached hydrogens (tertiary/aromatic N) is 2. The SMILES string of the molecule is COc1ccc(F)cc1/C(O)=C1\C(=O)C(=O)N(c2nc3ccc(F)cc3[nH]2)C1c1ccc(C(C)(C)C)cc1. The van der Waals surface area contributed by atoms with Crippen LogP contribution in [0.5, 0.6) is 5.75 Å². The van der Waals surface area contributed by atoms with Gasteiger partial charge in [0.15, 0.2) is 0 Å². The van der Waals surface area contributed by atoms with E-state index < -0.39 is 35.1 Å². The fourth-order valence-corrected chi connectivity index (χ4v) is 4.62. The summed E-state index contributed by atoms with van der Waals surface area (Å²) in [5.74, 6) is -3.56. The Balaban J connectivity index is 1.75. The molecule has 9 heteroatoms. The summed E-state index contributed by atoms with van der Waals surface area (Å²) in [7, 11) is 1.35. The monoisotopic (exact) mass is 517 g/mol. The molecule has 4 aromatic rings. The topological polar surface area (TPSA) is 95.5 Å². The first kappa shape index (κ1) is 25.1. The molecular formula is C29H25F2N3O4. The van der Waals surface area contributed by atoms with Crippen LogP contribution in [0.15, 0.2) is 66.2 Å². The molecule has 0 saturated carbocycles. The molecule has 0 bridgehead atoms. The van der Waals surface area contributed by atoms with Gasteiger partial charge in [-0.25, -0.2) is 13.8 Å². The second-order valence-corrected chi connectivity index (χ2v) is 10.1. The molecular weight excluding hydrogens is 492 g/mol. The standard InChI is InChI=1S/C29H25F2N3O4/c1-29(2,3)16-7-5-15(6-8-16)24-23(25(35)19-13-17(30)10-12-22(19)38-4)26(36)27(37)34(24)28-32-20-11-9-18(31)14-21(20)33-28/h5-14,24,35H,1-4H3,(H,32,33)/b25-23+. The molecule has 5 rings (SSSR count). The number of aromatic amines is 1. The first-order valence-electron chi connectivity index (χ1n) is 11.9. The van der Waals surface area contributed by atoms with Gasteiger partial charge >= 0.3 is 5.91 Å². The molecule has 2 heterocycles. The number of ether oxygens (including phenoxy) is 1. The number of H-pyrrole nitrogens is 1. The third-order valence-electron chi connectivity index (χ3n) is 6.61. The highest BCUT2D eigenvalue weighted by molar-refractivity contribution is 6.51. The van der Waals surface area contributed by atoms with E-state index in [1.165, 1.54) is 31.4 Å². The number of amides is 1. The molecule has 38 heavy (non-hydrogen) atoms. The molecule has 0 radical (unpaired) electrons. The minimum absolute atomic E-state index is 0.00264. The first-order chi connectivity index (χ1) is 18.0. The number of anilines is 1. The molecule has 1 atom stereocenters. The third kappa shape index (κ3) is 4.19. The second-order valence-electron chi connectivity index (χ2n) is 10.1. The van der Waals surface area contributed by atoms with Gasteiger partial charge in [-0.05, 0) is 52.9 Å². The zero-order chi connectivity index (χ0) is 27.4. The van der Waals surface area contributed by atoms with Crippen LogP contribution in [0, 0.1) is 11.6 Å². The Labute approximate surface area is 217 Å². The van der Waals surface area contributed by atoms with Crippen molar-refractivity contribution >= 4 is 34.4 Å². The van der Waals surface area contributed by atoms with Gasteiger partial charge in [-0.1, -0.05) is 45.0 Å². The lowest BCUT2D eigenvalue weighted by atomic mass is 9.85. The van der Waals surface area contributed by atoms with E-state index in [4.69, 9.17) is 4.74 Å². The van der Waals surface area contributed by atoms with Crippen molar-refractivity contribution < 1.29 is 28.2 Å². The summed E-state index contributed by atoms with van der Waals surface area (Å²) in [5.41, 5.74) is 1.76. The lowest BCUT2D eigenvalue weighted by Crippen LogP contribution is -2.30. The molecule has 1 aliphatic rings. The molecule has 1 aromatic heterocycles. The zero-order valence-electron chi connectivity index (χ0n) is 21.2. The highest BCUT2D eigenvalue weighted by Gasteiger charge is 2.48. The number of carbonyl (C=O) groups is 2. The van der Waals surface area contributed by atoms with Gasteiger partial charge in [-0.2, -0.15) is 0 Å². The molecule has 2 N–H and O–H groups in total. The lowest BCUT2D eigenvalue weighted by Gasteiger charge is -2.25. The van der Waals surface area contributed by atoms with Crippen LogP contribution in [0.3, 0.4) is 0 Å². The molecule has 1 fully saturated rings. The second kappa shape index (κ2) is 9.09. The Morgan fingerprint density at radius 3 is 2.32 bits per heavy atom. The lowest BCUT2D eigenvalue weighted by molar-refractivity contribution is -0.132. The number of ketones is 1. The van der Waals surface area contributed by atoms with E-state index >= 15 is 0 Å². The summed E-state index contributed by atoms with van der Waals surface area (Å²) in [5, 5.41) is 11.4. The van der Waals surface area contributed by atoms with Gasteiger partial charge in [-0.15, -0.1) is 0 Å². The van der Waals surface area contributed by atoms with Crippen LogP contribution in [0.4, 0.5) is 14.7 Å². The summed E-state index contributed by atoms with van der Waals surface area (Å²) in [4.78, 5) is 35.3. The van der Waals surface area contributed by atoms with Gasteiger partial charge in [0.05, 0.1) is 35.3 Å². The quantitative estimate of drug-likeness (QED) is 0.204. The highest BCUT2D eigenvalue weighted by Crippen LogP contribution is 2.43. The summed E-state index contributed by atoms with van der Waals surface area (Å²) >= 11 is 0. The summed E-state index contributed by atoms with van der Waals surface area (Å²) in [6.45, 7) is 6.16. The molecule has 1 aliphatic heterocycles. The van der Waals surface area contributed by atoms with E-state index in [1.54, 1.807) is 12.1 Å². The van der Waals surface area contributed by atoms with Crippen LogP contribution >= 0.6 is 0 Å². The van der Waals surface area contributed by atoms with Crippen molar-refractivity contribution in [2.75, 3.05) is 12.0 Å². The minimum Gasteiger partial charge on any atom is -0.507 e. The number of nitrogens with one attached hydrogen (secondary N) is 1. The molecule has 1 amide bonds. The molecule has 194 valence electrons. The number of methoxy groups -OCH3 is 1. The smallest absolute Gasteiger partial charge is 0.302 e. The average Bonchev–Trinajstić information content (AvgIpc) is 3.40. The minimum atomic E-state index is -1.11. The molecule has 1 saturated heterocycles. The number of rotatable bonds is 4. The van der Waals surface area contributed by atoms with E-state index in [0.717, 1.165) is 22.6 Å². The van der Waals surface area contributed by atoms with Gasteiger partial charge in [0.25, 0.3) is 5.78 Å². The Morgan fingerprint density at radius 2 is 1.66 bits per heavy atom. The Bertz CT molecular complexity index is 1620. The van der Waals surface area contributed by atoms with Gasteiger partial charge < -0.3 is 14.8 Å². The Morgan fingerprint density at radius 1 is 1.00 bits per heavy atom. The maximum Gasteiger partial charge on any atom is 0.302 e. The highest BCUT2D eigenvalue weighted by atomic mass is 19.1. The number of aliphatic hydroxyl groups is 1. The summed E-state index contributed by atoms with van der Waals surface area (Å²) < 4.78 is 33.3.